The average Bonchev–Trinajstić information content (AvgIpc) is 3.02. The molecule has 2 bridgehead atoms. The van der Waals surface area contributed by atoms with Gasteiger partial charge in [0.05, 0.1) is 18.8 Å². The number of esters is 2. The van der Waals surface area contributed by atoms with Crippen LogP contribution in [-0.4, -0.2) is 78.2 Å². The lowest BCUT2D eigenvalue weighted by Crippen LogP contribution is -2.72. The Morgan fingerprint density at radius 1 is 1.16 bits per heavy atom. The predicted octanol–water partition coefficient (Wildman–Crippen LogP) is 3.43. The quantitative estimate of drug-likeness (QED) is 0.297. The van der Waals surface area contributed by atoms with E-state index in [4.69, 9.17) is 29.8 Å². The molecule has 0 radical (unpaired) electrons. The average molecular weight is 620 g/mol. The molecule has 13 heteroatoms. The maximum absolute atomic E-state index is 14.2. The molecule has 43 heavy (non-hydrogen) atoms. The van der Waals surface area contributed by atoms with Crippen LogP contribution in [0.3, 0.4) is 0 Å². The molecule has 4 rings (SSSR count). The fourth-order valence-corrected chi connectivity index (χ4v) is 8.56. The maximum atomic E-state index is 14.2. The number of carboxylic acids is 1. The largest absolute Gasteiger partial charge is 0.490 e. The molecule has 0 unspecified atom stereocenters. The molecular weight excluding hydrogens is 575 g/mol. The summed E-state index contributed by atoms with van der Waals surface area (Å²) in [6.45, 7) is 13.7. The summed E-state index contributed by atoms with van der Waals surface area (Å²) < 4.78 is 49.7. The molecule has 0 saturated heterocycles. The van der Waals surface area contributed by atoms with Gasteiger partial charge < -0.3 is 30.2 Å². The first kappa shape index (κ1) is 35.0. The Morgan fingerprint density at radius 3 is 2.23 bits per heavy atom. The van der Waals surface area contributed by atoms with E-state index in [0.29, 0.717) is 18.4 Å². The lowest BCUT2D eigenvalue weighted by Gasteiger charge is -2.67. The fourth-order valence-electron chi connectivity index (χ4n) is 8.56. The number of fused-ring (bicyclic) bond motifs is 3. The van der Waals surface area contributed by atoms with Gasteiger partial charge >= 0.3 is 24.1 Å². The highest BCUT2D eigenvalue weighted by Gasteiger charge is 2.78. The minimum atomic E-state index is -5.08. The number of carbonyl (C=O) groups is 4. The zero-order chi connectivity index (χ0) is 32.9. The molecule has 9 atom stereocenters. The van der Waals surface area contributed by atoms with E-state index < -0.39 is 71.1 Å². The molecule has 1 spiro atoms. The number of aliphatic hydroxyl groups excluding tert-OH is 1. The molecule has 4 saturated carbocycles. The molecule has 10 nitrogen and oxygen atoms in total. The van der Waals surface area contributed by atoms with Crippen LogP contribution < -0.4 is 5.73 Å². The Labute approximate surface area is 249 Å². The molecule has 0 amide bonds. The van der Waals surface area contributed by atoms with Gasteiger partial charge in [0.1, 0.15) is 17.6 Å². The number of carboxylic acid groups (broad SMARTS) is 1. The van der Waals surface area contributed by atoms with Crippen molar-refractivity contribution in [2.45, 2.75) is 97.3 Å². The number of aliphatic hydroxyl groups is 1. The number of Topliss-reactive ketones (excluding diaryl/α,β-unsaturated/α-hetero) is 1. The number of nitrogens with two attached hydrogens (primary N) is 1. The zero-order valence-corrected chi connectivity index (χ0v) is 25.5. The third-order valence-electron chi connectivity index (χ3n) is 10.4. The van der Waals surface area contributed by atoms with E-state index in [1.807, 2.05) is 13.8 Å². The summed E-state index contributed by atoms with van der Waals surface area (Å²) in [5.41, 5.74) is 4.40. The molecule has 0 aromatic carbocycles. The second-order valence-electron chi connectivity index (χ2n) is 13.5. The van der Waals surface area contributed by atoms with E-state index in [1.165, 1.54) is 6.92 Å². The van der Waals surface area contributed by atoms with Crippen LogP contribution in [0.15, 0.2) is 12.2 Å². The van der Waals surface area contributed by atoms with Crippen LogP contribution in [-0.2, 0) is 33.4 Å². The molecule has 244 valence electrons. The normalized spacial score (nSPS) is 36.9. The van der Waals surface area contributed by atoms with Gasteiger partial charge in [0, 0.05) is 31.3 Å². The second kappa shape index (κ2) is 12.1. The molecule has 0 aromatic heterocycles. The van der Waals surface area contributed by atoms with Crippen molar-refractivity contribution in [1.29, 1.82) is 0 Å². The summed E-state index contributed by atoms with van der Waals surface area (Å²) in [6.07, 6.45) is -4.04. The van der Waals surface area contributed by atoms with Gasteiger partial charge in [-0.3, -0.25) is 14.4 Å². The lowest BCUT2D eigenvalue weighted by molar-refractivity contribution is -0.272. The molecule has 4 aliphatic carbocycles. The van der Waals surface area contributed by atoms with Crippen molar-refractivity contribution >= 4 is 23.7 Å². The second-order valence-corrected chi connectivity index (χ2v) is 13.5. The molecule has 4 aliphatic rings. The first-order valence-electron chi connectivity index (χ1n) is 14.5. The van der Waals surface area contributed by atoms with Gasteiger partial charge in [0.2, 0.25) is 0 Å². The van der Waals surface area contributed by atoms with Gasteiger partial charge in [0.25, 0.3) is 0 Å². The summed E-state index contributed by atoms with van der Waals surface area (Å²) in [7, 11) is 1.58. The van der Waals surface area contributed by atoms with Crippen LogP contribution in [0, 0.1) is 39.9 Å². The van der Waals surface area contributed by atoms with Gasteiger partial charge in [-0.2, -0.15) is 13.2 Å². The number of ketones is 1. The van der Waals surface area contributed by atoms with E-state index in [1.54, 1.807) is 7.11 Å². The highest BCUT2D eigenvalue weighted by atomic mass is 19.4. The zero-order valence-electron chi connectivity index (χ0n) is 25.5. The predicted molar refractivity (Wildman–Crippen MR) is 146 cm³/mol. The number of hydrogen-bond donors (Lipinski definition) is 3. The highest BCUT2D eigenvalue weighted by molar-refractivity contribution is 6.05. The van der Waals surface area contributed by atoms with Crippen molar-refractivity contribution in [3.05, 3.63) is 12.2 Å². The van der Waals surface area contributed by atoms with Gasteiger partial charge in [0.15, 0.2) is 5.78 Å². The Hall–Kier alpha value is -2.51. The SMILES string of the molecule is C=C1C(=O)[C@]23[C@H](OC(=O)[C@@H](N)C(C)C)[C@H]1C[C@H](O)[C@H]2[C@]1(COC(C)=O)CCCC(C)(C)[C@H]1C[C@H]3OC.O=C(O)C(F)(F)F. The van der Waals surface area contributed by atoms with Crippen LogP contribution in [0.1, 0.15) is 66.7 Å². The van der Waals surface area contributed by atoms with Crippen LogP contribution >= 0.6 is 0 Å². The number of alkyl halides is 3. The summed E-state index contributed by atoms with van der Waals surface area (Å²) in [4.78, 5) is 48.3. The van der Waals surface area contributed by atoms with Crippen molar-refractivity contribution in [3.63, 3.8) is 0 Å². The third kappa shape index (κ3) is 5.84. The summed E-state index contributed by atoms with van der Waals surface area (Å²) in [6, 6.07) is -0.838. The van der Waals surface area contributed by atoms with E-state index in [2.05, 4.69) is 20.4 Å². The Kier molecular flexibility index (Phi) is 9.85. The number of rotatable bonds is 6. The van der Waals surface area contributed by atoms with Crippen molar-refractivity contribution < 1.29 is 56.8 Å². The van der Waals surface area contributed by atoms with Crippen molar-refractivity contribution in [2.24, 2.45) is 45.7 Å². The molecule has 4 fully saturated rings. The Bertz CT molecular complexity index is 1140. The molecular formula is C30H44F3NO9. The monoisotopic (exact) mass is 619 g/mol. The van der Waals surface area contributed by atoms with Gasteiger partial charge in [-0.25, -0.2) is 4.79 Å². The standard InChI is InChI=1S/C28H43NO7.C2HF3O2/c1-14(2)21(29)25(33)36-24-17-11-18(31)22-27(13-35-16(4)30)10-8-9-26(5,6)19(27)12-20(34-7)28(22,24)23(32)15(17)3;3-2(4,5)1(6)7/h14,17-22,24,31H,3,8-13,29H2,1-2,4-7H3;(H,6,7)/t17-,18-,19+,20+,21-,22-,24+,27-,28+;/m0./s1. The number of aliphatic carboxylic acids is 1. The van der Waals surface area contributed by atoms with Crippen molar-refractivity contribution in [1.82, 2.24) is 0 Å². The van der Waals surface area contributed by atoms with Crippen LogP contribution in [0.25, 0.3) is 0 Å². The van der Waals surface area contributed by atoms with Gasteiger partial charge in [-0.05, 0) is 48.5 Å². The number of carbonyl (C=O) groups excluding carboxylic acids is 3. The number of halogens is 3. The highest BCUT2D eigenvalue weighted by Crippen LogP contribution is 2.72. The van der Waals surface area contributed by atoms with Crippen LogP contribution in [0.5, 0.6) is 0 Å². The fraction of sp³-hybridized carbons (Fsp3) is 0.800. The van der Waals surface area contributed by atoms with E-state index in [0.717, 1.165) is 12.8 Å². The molecule has 0 aromatic rings. The molecule has 0 aliphatic heterocycles. The smallest absolute Gasteiger partial charge is 0.475 e. The van der Waals surface area contributed by atoms with E-state index >= 15 is 0 Å². The van der Waals surface area contributed by atoms with Gasteiger partial charge in [-0.1, -0.05) is 40.7 Å². The molecule has 0 heterocycles. The van der Waals surface area contributed by atoms with Crippen LogP contribution in [0.4, 0.5) is 13.2 Å². The Balaban J connectivity index is 0.000000646. The summed E-state index contributed by atoms with van der Waals surface area (Å²) in [5, 5.41) is 18.9. The van der Waals surface area contributed by atoms with Crippen molar-refractivity contribution in [3.8, 4) is 0 Å². The minimum Gasteiger partial charge on any atom is -0.475 e. The maximum Gasteiger partial charge on any atom is 0.490 e. The van der Waals surface area contributed by atoms with Crippen molar-refractivity contribution in [2.75, 3.05) is 13.7 Å². The van der Waals surface area contributed by atoms with Crippen LogP contribution in [0.2, 0.25) is 0 Å². The number of methoxy groups -OCH3 is 1. The molecule has 4 N–H and O–H groups in total. The lowest BCUT2D eigenvalue weighted by atomic mass is 9.39. The Morgan fingerprint density at radius 2 is 1.74 bits per heavy atom. The topological polar surface area (TPSA) is 162 Å². The van der Waals surface area contributed by atoms with Gasteiger partial charge in [-0.15, -0.1) is 0 Å². The number of hydrogen-bond acceptors (Lipinski definition) is 9. The third-order valence-corrected chi connectivity index (χ3v) is 10.4. The first-order valence-corrected chi connectivity index (χ1v) is 14.5. The summed E-state index contributed by atoms with van der Waals surface area (Å²) >= 11 is 0. The first-order chi connectivity index (χ1) is 19.7. The summed E-state index contributed by atoms with van der Waals surface area (Å²) in [5.74, 6) is -5.17. The van der Waals surface area contributed by atoms with E-state index in [-0.39, 0.29) is 36.1 Å². The minimum absolute atomic E-state index is 0.0285. The van der Waals surface area contributed by atoms with E-state index in [9.17, 15) is 32.7 Å². The number of ether oxygens (including phenoxy) is 3.